The van der Waals surface area contributed by atoms with E-state index >= 15 is 0 Å². The third-order valence-electron chi connectivity index (χ3n) is 4.05. The topological polar surface area (TPSA) is 98.2 Å². The SMILES string of the molecule is O=c1nccccc1Nc1nc2ccccc2c2nc(-c3ccco3)nn12. The van der Waals surface area contributed by atoms with Crippen molar-refractivity contribution in [2.75, 3.05) is 5.32 Å². The molecule has 0 bridgehead atoms. The van der Waals surface area contributed by atoms with Crippen LogP contribution < -0.4 is 10.9 Å². The molecule has 0 aliphatic rings. The summed E-state index contributed by atoms with van der Waals surface area (Å²) in [4.78, 5) is 25.2. The molecule has 27 heavy (non-hydrogen) atoms. The summed E-state index contributed by atoms with van der Waals surface area (Å²) in [7, 11) is 0. The van der Waals surface area contributed by atoms with Gasteiger partial charge in [-0.3, -0.25) is 4.79 Å². The summed E-state index contributed by atoms with van der Waals surface area (Å²) in [6.45, 7) is 0. The van der Waals surface area contributed by atoms with Crippen molar-refractivity contribution in [3.63, 3.8) is 0 Å². The van der Waals surface area contributed by atoms with Gasteiger partial charge in [-0.1, -0.05) is 18.2 Å². The number of nitrogens with zero attached hydrogens (tertiary/aromatic N) is 5. The molecule has 1 aromatic carbocycles. The van der Waals surface area contributed by atoms with E-state index in [0.717, 1.165) is 10.9 Å². The highest BCUT2D eigenvalue weighted by atomic mass is 16.3. The summed E-state index contributed by atoms with van der Waals surface area (Å²) in [6, 6.07) is 16.2. The summed E-state index contributed by atoms with van der Waals surface area (Å²) in [6.07, 6.45) is 3.01. The number of hydrogen-bond acceptors (Lipinski definition) is 7. The van der Waals surface area contributed by atoms with Gasteiger partial charge in [0.1, 0.15) is 5.69 Å². The van der Waals surface area contributed by atoms with Crippen molar-refractivity contribution in [2.24, 2.45) is 0 Å². The Morgan fingerprint density at radius 2 is 1.85 bits per heavy atom. The maximum Gasteiger partial charge on any atom is 0.293 e. The van der Waals surface area contributed by atoms with E-state index in [2.05, 4.69) is 25.4 Å². The molecule has 0 aliphatic heterocycles. The molecule has 0 atom stereocenters. The molecule has 0 fully saturated rings. The van der Waals surface area contributed by atoms with Crippen molar-refractivity contribution in [1.29, 1.82) is 0 Å². The summed E-state index contributed by atoms with van der Waals surface area (Å²) < 4.78 is 6.97. The zero-order chi connectivity index (χ0) is 18.2. The van der Waals surface area contributed by atoms with E-state index in [1.54, 1.807) is 41.1 Å². The Bertz CT molecular complexity index is 1330. The molecule has 0 unspecified atom stereocenters. The van der Waals surface area contributed by atoms with E-state index in [1.807, 2.05) is 24.3 Å². The highest BCUT2D eigenvalue weighted by molar-refractivity contribution is 5.93. The van der Waals surface area contributed by atoms with Crippen LogP contribution in [0, 0.1) is 0 Å². The quantitative estimate of drug-likeness (QED) is 0.530. The van der Waals surface area contributed by atoms with Crippen LogP contribution in [-0.2, 0) is 0 Å². The van der Waals surface area contributed by atoms with Crippen molar-refractivity contribution in [1.82, 2.24) is 24.6 Å². The second-order valence-electron chi connectivity index (χ2n) is 5.77. The number of para-hydroxylation sites is 1. The Balaban J connectivity index is 1.77. The van der Waals surface area contributed by atoms with Gasteiger partial charge < -0.3 is 9.73 Å². The number of anilines is 2. The first-order valence-electron chi connectivity index (χ1n) is 8.21. The molecule has 0 amide bonds. The molecule has 1 N–H and O–H groups in total. The molecule has 8 heteroatoms. The van der Waals surface area contributed by atoms with Crippen LogP contribution in [0.1, 0.15) is 0 Å². The summed E-state index contributed by atoms with van der Waals surface area (Å²) in [5.41, 5.74) is 1.23. The van der Waals surface area contributed by atoms with Gasteiger partial charge in [0.25, 0.3) is 5.56 Å². The number of fused-ring (bicyclic) bond motifs is 3. The van der Waals surface area contributed by atoms with Crippen molar-refractivity contribution < 1.29 is 4.42 Å². The van der Waals surface area contributed by atoms with E-state index in [0.29, 0.717) is 28.9 Å². The summed E-state index contributed by atoms with van der Waals surface area (Å²) in [5, 5.41) is 8.38. The molecule has 0 radical (unpaired) electrons. The van der Waals surface area contributed by atoms with Crippen LogP contribution in [0.2, 0.25) is 0 Å². The Hall–Kier alpha value is -4.07. The van der Waals surface area contributed by atoms with E-state index in [4.69, 9.17) is 4.42 Å². The predicted octanol–water partition coefficient (Wildman–Crippen LogP) is 3.04. The van der Waals surface area contributed by atoms with Gasteiger partial charge in [-0.25, -0.2) is 15.0 Å². The van der Waals surface area contributed by atoms with E-state index in [-0.39, 0.29) is 0 Å². The lowest BCUT2D eigenvalue weighted by molar-refractivity contribution is 0.577. The highest BCUT2D eigenvalue weighted by Gasteiger charge is 2.16. The fraction of sp³-hybridized carbons (Fsp3) is 0. The molecule has 130 valence electrons. The second-order valence-corrected chi connectivity index (χ2v) is 5.77. The van der Waals surface area contributed by atoms with Crippen LogP contribution in [0.4, 0.5) is 11.6 Å². The number of rotatable bonds is 3. The molecule has 0 saturated heterocycles. The second kappa shape index (κ2) is 6.03. The first kappa shape index (κ1) is 15.2. The van der Waals surface area contributed by atoms with Crippen molar-refractivity contribution in [3.05, 3.63) is 77.4 Å². The van der Waals surface area contributed by atoms with Crippen molar-refractivity contribution >= 4 is 28.2 Å². The van der Waals surface area contributed by atoms with E-state index in [1.165, 1.54) is 6.20 Å². The monoisotopic (exact) mass is 356 g/mol. The molecule has 8 nitrogen and oxygen atoms in total. The molecule has 5 aromatic rings. The molecular formula is C19H12N6O2. The van der Waals surface area contributed by atoms with Crippen LogP contribution in [0.3, 0.4) is 0 Å². The van der Waals surface area contributed by atoms with Gasteiger partial charge in [0.05, 0.1) is 11.8 Å². The fourth-order valence-electron chi connectivity index (χ4n) is 2.82. The molecule has 4 aromatic heterocycles. The number of hydrogen-bond donors (Lipinski definition) is 1. The Labute approximate surface area is 152 Å². The minimum Gasteiger partial charge on any atom is -0.461 e. The molecule has 4 heterocycles. The molecular weight excluding hydrogens is 344 g/mol. The Morgan fingerprint density at radius 1 is 0.963 bits per heavy atom. The molecule has 0 aliphatic carbocycles. The normalized spacial score (nSPS) is 11.1. The van der Waals surface area contributed by atoms with Gasteiger partial charge in [0.15, 0.2) is 11.4 Å². The third kappa shape index (κ3) is 2.60. The van der Waals surface area contributed by atoms with Crippen LogP contribution in [0.5, 0.6) is 0 Å². The number of furan rings is 1. The van der Waals surface area contributed by atoms with Crippen LogP contribution in [0.25, 0.3) is 28.1 Å². The number of benzene rings is 1. The third-order valence-corrected chi connectivity index (χ3v) is 4.05. The van der Waals surface area contributed by atoms with Crippen LogP contribution >= 0.6 is 0 Å². The van der Waals surface area contributed by atoms with Crippen molar-refractivity contribution in [2.45, 2.75) is 0 Å². The molecule has 0 spiro atoms. The maximum absolute atomic E-state index is 12.2. The van der Waals surface area contributed by atoms with Gasteiger partial charge in [-0.05, 0) is 36.4 Å². The number of aromatic nitrogens is 5. The minimum absolute atomic E-state index is 0.291. The average Bonchev–Trinajstić information content (AvgIpc) is 3.32. The van der Waals surface area contributed by atoms with Gasteiger partial charge in [-0.15, -0.1) is 5.10 Å². The first-order valence-corrected chi connectivity index (χ1v) is 8.21. The summed E-state index contributed by atoms with van der Waals surface area (Å²) >= 11 is 0. The smallest absolute Gasteiger partial charge is 0.293 e. The molecule has 5 rings (SSSR count). The highest BCUT2D eigenvalue weighted by Crippen LogP contribution is 2.25. The lowest BCUT2D eigenvalue weighted by Gasteiger charge is -2.07. The fourth-order valence-corrected chi connectivity index (χ4v) is 2.82. The standard InChI is InChI=1S/C19H12N6O2/c26-18-14(8-3-4-10-20-18)22-19-21-13-7-2-1-6-12(13)17-23-16(24-25(17)19)15-9-5-11-27-15/h1-11H,(H,20,21,22,26). The lowest BCUT2D eigenvalue weighted by Crippen LogP contribution is -2.11. The van der Waals surface area contributed by atoms with E-state index in [9.17, 15) is 4.79 Å². The zero-order valence-corrected chi connectivity index (χ0v) is 13.9. The summed E-state index contributed by atoms with van der Waals surface area (Å²) in [5.74, 6) is 1.34. The molecule has 0 saturated carbocycles. The predicted molar refractivity (Wildman–Crippen MR) is 99.8 cm³/mol. The lowest BCUT2D eigenvalue weighted by atomic mass is 10.2. The Kier molecular flexibility index (Phi) is 3.39. The number of nitrogens with one attached hydrogen (secondary N) is 1. The maximum atomic E-state index is 12.2. The average molecular weight is 356 g/mol. The van der Waals surface area contributed by atoms with Crippen molar-refractivity contribution in [3.8, 4) is 11.6 Å². The van der Waals surface area contributed by atoms with Gasteiger partial charge in [-0.2, -0.15) is 4.52 Å². The minimum atomic E-state index is -0.394. The first-order chi connectivity index (χ1) is 13.3. The van der Waals surface area contributed by atoms with Gasteiger partial charge in [0, 0.05) is 11.6 Å². The van der Waals surface area contributed by atoms with Gasteiger partial charge >= 0.3 is 0 Å². The Morgan fingerprint density at radius 3 is 2.74 bits per heavy atom. The zero-order valence-electron chi connectivity index (χ0n) is 13.9. The van der Waals surface area contributed by atoms with E-state index < -0.39 is 5.56 Å². The van der Waals surface area contributed by atoms with Crippen LogP contribution in [-0.4, -0.2) is 24.6 Å². The van der Waals surface area contributed by atoms with Crippen LogP contribution in [0.15, 0.2) is 76.3 Å². The van der Waals surface area contributed by atoms with Gasteiger partial charge in [0.2, 0.25) is 11.8 Å². The largest absolute Gasteiger partial charge is 0.461 e.